The quantitative estimate of drug-likeness (QED) is 0.652. The molecule has 14 heavy (non-hydrogen) atoms. The second-order valence-corrected chi connectivity index (χ2v) is 4.10. The van der Waals surface area contributed by atoms with Crippen LogP contribution in [-0.2, 0) is 6.54 Å². The van der Waals surface area contributed by atoms with E-state index in [2.05, 4.69) is 11.0 Å². The largest absolute Gasteiger partial charge is 0.271 e. The van der Waals surface area contributed by atoms with Crippen LogP contribution in [0.3, 0.4) is 0 Å². The lowest BCUT2D eigenvalue weighted by atomic mass is 9.89. The smallest absolute Gasteiger partial charge is 0.0646 e. The van der Waals surface area contributed by atoms with E-state index in [9.17, 15) is 0 Å². The van der Waals surface area contributed by atoms with Crippen LogP contribution in [0.15, 0.2) is 12.4 Å². The Morgan fingerprint density at radius 3 is 2.86 bits per heavy atom. The summed E-state index contributed by atoms with van der Waals surface area (Å²) in [6.45, 7) is 1.04. The van der Waals surface area contributed by atoms with Gasteiger partial charge in [0.1, 0.15) is 0 Å². The van der Waals surface area contributed by atoms with Gasteiger partial charge in [0.05, 0.1) is 11.8 Å². The zero-order valence-electron chi connectivity index (χ0n) is 8.45. The lowest BCUT2D eigenvalue weighted by molar-refractivity contribution is 0.308. The number of hydrogen-bond donors (Lipinski definition) is 0. The van der Waals surface area contributed by atoms with Crippen molar-refractivity contribution in [1.29, 1.82) is 0 Å². The van der Waals surface area contributed by atoms with Gasteiger partial charge in [-0.25, -0.2) is 0 Å². The summed E-state index contributed by atoms with van der Waals surface area (Å²) < 4.78 is 1.99. The summed E-state index contributed by atoms with van der Waals surface area (Å²) in [5.41, 5.74) is 0.890. The van der Waals surface area contributed by atoms with Gasteiger partial charge in [0.2, 0.25) is 0 Å². The monoisotopic (exact) mass is 188 g/mol. The second kappa shape index (κ2) is 4.32. The molecule has 2 rings (SSSR count). The maximum absolute atomic E-state index is 5.29. The molecule has 74 valence electrons. The van der Waals surface area contributed by atoms with Crippen LogP contribution in [0.1, 0.15) is 37.7 Å². The Hall–Kier alpha value is -1.23. The molecule has 0 bridgehead atoms. The zero-order chi connectivity index (χ0) is 9.80. The Bertz CT molecular complexity index is 326. The molecule has 0 atom stereocenters. The van der Waals surface area contributed by atoms with Crippen LogP contribution in [0.5, 0.6) is 0 Å². The number of hydrogen-bond acceptors (Lipinski definition) is 1. The summed E-state index contributed by atoms with van der Waals surface area (Å²) in [4.78, 5) is 0. The summed E-state index contributed by atoms with van der Waals surface area (Å²) in [7, 11) is 0. The van der Waals surface area contributed by atoms with E-state index in [1.165, 1.54) is 32.1 Å². The van der Waals surface area contributed by atoms with Crippen LogP contribution in [0.2, 0.25) is 0 Å². The molecule has 1 aromatic heterocycles. The van der Waals surface area contributed by atoms with Gasteiger partial charge in [-0.1, -0.05) is 25.2 Å². The average molecular weight is 188 g/mol. The van der Waals surface area contributed by atoms with E-state index in [0.717, 1.165) is 18.0 Å². The van der Waals surface area contributed by atoms with E-state index >= 15 is 0 Å². The summed E-state index contributed by atoms with van der Waals surface area (Å²) in [6, 6.07) is 0. The van der Waals surface area contributed by atoms with Gasteiger partial charge in [0.15, 0.2) is 0 Å². The van der Waals surface area contributed by atoms with Gasteiger partial charge < -0.3 is 0 Å². The van der Waals surface area contributed by atoms with Gasteiger partial charge in [0, 0.05) is 12.7 Å². The van der Waals surface area contributed by atoms with E-state index in [4.69, 9.17) is 6.42 Å². The normalized spacial score (nSPS) is 17.9. The molecule has 0 radical (unpaired) electrons. The molecule has 1 heterocycles. The molecule has 1 saturated carbocycles. The molecule has 0 unspecified atom stereocenters. The highest BCUT2D eigenvalue weighted by atomic mass is 15.3. The minimum absolute atomic E-state index is 0.814. The molecule has 1 aliphatic rings. The van der Waals surface area contributed by atoms with Crippen molar-refractivity contribution in [3.8, 4) is 12.3 Å². The lowest BCUT2D eigenvalue weighted by Crippen LogP contribution is -2.14. The molecule has 1 aliphatic carbocycles. The molecule has 0 saturated heterocycles. The highest BCUT2D eigenvalue weighted by Crippen LogP contribution is 2.24. The third-order valence-electron chi connectivity index (χ3n) is 2.97. The first-order valence-corrected chi connectivity index (χ1v) is 5.37. The highest BCUT2D eigenvalue weighted by Gasteiger charge is 2.13. The number of terminal acetylenes is 1. The Morgan fingerprint density at radius 1 is 1.43 bits per heavy atom. The fourth-order valence-corrected chi connectivity index (χ4v) is 2.17. The Morgan fingerprint density at radius 2 is 2.21 bits per heavy atom. The second-order valence-electron chi connectivity index (χ2n) is 4.10. The van der Waals surface area contributed by atoms with Gasteiger partial charge in [-0.15, -0.1) is 6.42 Å². The fraction of sp³-hybridized carbons (Fsp3) is 0.583. The molecule has 0 aliphatic heterocycles. The van der Waals surface area contributed by atoms with Crippen molar-refractivity contribution in [2.75, 3.05) is 0 Å². The zero-order valence-corrected chi connectivity index (χ0v) is 8.45. The maximum Gasteiger partial charge on any atom is 0.0646 e. The van der Waals surface area contributed by atoms with Gasteiger partial charge in [-0.05, 0) is 18.8 Å². The molecular formula is C12H16N2. The summed E-state index contributed by atoms with van der Waals surface area (Å²) in [6.07, 6.45) is 15.9. The maximum atomic E-state index is 5.29. The third kappa shape index (κ3) is 2.17. The van der Waals surface area contributed by atoms with E-state index in [-0.39, 0.29) is 0 Å². The van der Waals surface area contributed by atoms with Gasteiger partial charge >= 0.3 is 0 Å². The number of rotatable bonds is 2. The highest BCUT2D eigenvalue weighted by molar-refractivity contribution is 5.26. The molecule has 1 fully saturated rings. The van der Waals surface area contributed by atoms with E-state index in [0.29, 0.717) is 0 Å². The van der Waals surface area contributed by atoms with Crippen LogP contribution in [-0.4, -0.2) is 9.78 Å². The molecule has 2 nitrogen and oxygen atoms in total. The summed E-state index contributed by atoms with van der Waals surface area (Å²) in [5, 5.41) is 4.26. The Kier molecular flexibility index (Phi) is 2.88. The first-order valence-electron chi connectivity index (χ1n) is 5.37. The summed E-state index contributed by atoms with van der Waals surface area (Å²) in [5.74, 6) is 3.42. The molecular weight excluding hydrogens is 172 g/mol. The van der Waals surface area contributed by atoms with Crippen LogP contribution < -0.4 is 0 Å². The van der Waals surface area contributed by atoms with E-state index in [1.807, 2.05) is 10.9 Å². The SMILES string of the molecule is C#Cc1cnn(CC2CCCCC2)c1. The average Bonchev–Trinajstić information content (AvgIpc) is 2.67. The Labute approximate surface area is 85.3 Å². The van der Waals surface area contributed by atoms with Crippen molar-refractivity contribution in [3.63, 3.8) is 0 Å². The lowest BCUT2D eigenvalue weighted by Gasteiger charge is -2.21. The minimum Gasteiger partial charge on any atom is -0.271 e. The standard InChI is InChI=1S/C12H16N2/c1-2-11-8-13-14(9-11)10-12-6-4-3-5-7-12/h1,8-9,12H,3-7,10H2. The van der Waals surface area contributed by atoms with Crippen LogP contribution in [0, 0.1) is 18.3 Å². The molecule has 0 amide bonds. The van der Waals surface area contributed by atoms with Crippen molar-refractivity contribution in [3.05, 3.63) is 18.0 Å². The van der Waals surface area contributed by atoms with Gasteiger partial charge in [-0.3, -0.25) is 4.68 Å². The first-order chi connectivity index (χ1) is 6.88. The van der Waals surface area contributed by atoms with Crippen molar-refractivity contribution < 1.29 is 0 Å². The molecule has 0 N–H and O–H groups in total. The van der Waals surface area contributed by atoms with Crippen LogP contribution in [0.25, 0.3) is 0 Å². The predicted molar refractivity (Wildman–Crippen MR) is 56.7 cm³/mol. The van der Waals surface area contributed by atoms with E-state index in [1.54, 1.807) is 6.20 Å². The van der Waals surface area contributed by atoms with E-state index < -0.39 is 0 Å². The van der Waals surface area contributed by atoms with Crippen molar-refractivity contribution >= 4 is 0 Å². The van der Waals surface area contributed by atoms with Gasteiger partial charge in [-0.2, -0.15) is 5.10 Å². The van der Waals surface area contributed by atoms with Crippen molar-refractivity contribution in [2.24, 2.45) is 5.92 Å². The van der Waals surface area contributed by atoms with Crippen molar-refractivity contribution in [2.45, 2.75) is 38.6 Å². The Balaban J connectivity index is 1.93. The third-order valence-corrected chi connectivity index (χ3v) is 2.97. The van der Waals surface area contributed by atoms with Crippen LogP contribution >= 0.6 is 0 Å². The molecule has 1 aromatic rings. The number of nitrogens with zero attached hydrogens (tertiary/aromatic N) is 2. The minimum atomic E-state index is 0.814. The topological polar surface area (TPSA) is 17.8 Å². The first kappa shape index (κ1) is 9.33. The molecule has 2 heteroatoms. The van der Waals surface area contributed by atoms with Gasteiger partial charge in [0.25, 0.3) is 0 Å². The summed E-state index contributed by atoms with van der Waals surface area (Å²) >= 11 is 0. The predicted octanol–water partition coefficient (Wildman–Crippen LogP) is 2.44. The number of aromatic nitrogens is 2. The van der Waals surface area contributed by atoms with Crippen molar-refractivity contribution in [1.82, 2.24) is 9.78 Å². The van der Waals surface area contributed by atoms with Crippen LogP contribution in [0.4, 0.5) is 0 Å². The molecule has 0 aromatic carbocycles. The fourth-order valence-electron chi connectivity index (χ4n) is 2.17. The molecule has 0 spiro atoms.